The van der Waals surface area contributed by atoms with E-state index in [1.54, 1.807) is 18.2 Å². The summed E-state index contributed by atoms with van der Waals surface area (Å²) in [5.74, 6) is -0.981. The summed E-state index contributed by atoms with van der Waals surface area (Å²) in [5, 5.41) is 10.0. The minimum absolute atomic E-state index is 0.194. The SMILES string of the molecule is Cc1ccc(C(C#N)C(=O)c2ccc(Cl)c(C)c2)cc1C. The number of nitrogens with zero attached hydrogens (tertiary/aromatic N) is 1. The molecule has 1 atom stereocenters. The minimum atomic E-state index is -0.787. The van der Waals surface area contributed by atoms with E-state index in [9.17, 15) is 10.1 Å². The van der Waals surface area contributed by atoms with Gasteiger partial charge in [0.15, 0.2) is 5.78 Å². The third kappa shape index (κ3) is 3.15. The molecule has 1 unspecified atom stereocenters. The highest BCUT2D eigenvalue weighted by Crippen LogP contribution is 2.25. The summed E-state index contributed by atoms with van der Waals surface area (Å²) in [4.78, 5) is 12.6. The van der Waals surface area contributed by atoms with E-state index < -0.39 is 5.92 Å². The fourth-order valence-electron chi connectivity index (χ4n) is 2.19. The molecule has 0 aliphatic carbocycles. The Hall–Kier alpha value is -2.11. The number of nitriles is 1. The van der Waals surface area contributed by atoms with Crippen LogP contribution in [0.5, 0.6) is 0 Å². The molecule has 0 aliphatic heterocycles. The van der Waals surface area contributed by atoms with Crippen LogP contribution in [-0.2, 0) is 0 Å². The number of hydrogen-bond acceptors (Lipinski definition) is 2. The van der Waals surface area contributed by atoms with E-state index >= 15 is 0 Å². The van der Waals surface area contributed by atoms with Crippen molar-refractivity contribution in [1.29, 1.82) is 5.26 Å². The molecule has 0 N–H and O–H groups in total. The van der Waals surface area contributed by atoms with Crippen molar-refractivity contribution in [1.82, 2.24) is 0 Å². The second kappa shape index (κ2) is 6.11. The first-order chi connectivity index (χ1) is 9.93. The van der Waals surface area contributed by atoms with Gasteiger partial charge in [0.05, 0.1) is 6.07 Å². The summed E-state index contributed by atoms with van der Waals surface area (Å²) in [6.45, 7) is 5.82. The van der Waals surface area contributed by atoms with Crippen LogP contribution in [0.2, 0.25) is 5.02 Å². The maximum absolute atomic E-state index is 12.6. The summed E-state index contributed by atoms with van der Waals surface area (Å²) in [6.07, 6.45) is 0. The highest BCUT2D eigenvalue weighted by Gasteiger charge is 2.22. The standard InChI is InChI=1S/C18H16ClNO/c1-11-4-5-14(8-12(11)2)16(10-20)18(21)15-6-7-17(19)13(3)9-15/h4-9,16H,1-3H3. The number of halogens is 1. The van der Waals surface area contributed by atoms with E-state index in [4.69, 9.17) is 11.6 Å². The lowest BCUT2D eigenvalue weighted by atomic mass is 9.89. The highest BCUT2D eigenvalue weighted by atomic mass is 35.5. The lowest BCUT2D eigenvalue weighted by Gasteiger charge is -2.11. The molecular formula is C18H16ClNO. The minimum Gasteiger partial charge on any atom is -0.292 e. The summed E-state index contributed by atoms with van der Waals surface area (Å²) in [6, 6.07) is 12.9. The molecule has 0 aromatic heterocycles. The Bertz CT molecular complexity index is 743. The summed E-state index contributed by atoms with van der Waals surface area (Å²) in [7, 11) is 0. The molecule has 0 bridgehead atoms. The number of ketones is 1. The first-order valence-corrected chi connectivity index (χ1v) is 7.09. The second-order valence-electron chi connectivity index (χ2n) is 5.23. The fourth-order valence-corrected chi connectivity index (χ4v) is 2.31. The van der Waals surface area contributed by atoms with Crippen molar-refractivity contribution < 1.29 is 4.79 Å². The average molecular weight is 298 g/mol. The molecule has 2 aromatic carbocycles. The number of Topliss-reactive ketones (excluding diaryl/α,β-unsaturated/α-hetero) is 1. The zero-order chi connectivity index (χ0) is 15.6. The van der Waals surface area contributed by atoms with Crippen LogP contribution in [0.1, 0.15) is 38.5 Å². The van der Waals surface area contributed by atoms with E-state index in [1.165, 1.54) is 0 Å². The summed E-state index contributed by atoms with van der Waals surface area (Å²) >= 11 is 5.98. The Kier molecular flexibility index (Phi) is 4.45. The number of carbonyl (C=O) groups excluding carboxylic acids is 1. The number of benzene rings is 2. The van der Waals surface area contributed by atoms with Crippen molar-refractivity contribution in [2.75, 3.05) is 0 Å². The molecule has 0 spiro atoms. The monoisotopic (exact) mass is 297 g/mol. The Morgan fingerprint density at radius 2 is 1.76 bits per heavy atom. The van der Waals surface area contributed by atoms with Gasteiger partial charge in [-0.2, -0.15) is 5.26 Å². The van der Waals surface area contributed by atoms with E-state index in [2.05, 4.69) is 6.07 Å². The Morgan fingerprint density at radius 1 is 1.05 bits per heavy atom. The number of hydrogen-bond donors (Lipinski definition) is 0. The van der Waals surface area contributed by atoms with Crippen molar-refractivity contribution in [2.45, 2.75) is 26.7 Å². The fraction of sp³-hybridized carbons (Fsp3) is 0.222. The van der Waals surface area contributed by atoms with Crippen LogP contribution >= 0.6 is 11.6 Å². The van der Waals surface area contributed by atoms with E-state index in [0.29, 0.717) is 10.6 Å². The van der Waals surface area contributed by atoms with E-state index in [0.717, 1.165) is 22.3 Å². The van der Waals surface area contributed by atoms with Crippen LogP contribution in [0.25, 0.3) is 0 Å². The van der Waals surface area contributed by atoms with Crippen LogP contribution in [0.4, 0.5) is 0 Å². The lowest BCUT2D eigenvalue weighted by Crippen LogP contribution is -2.12. The van der Waals surface area contributed by atoms with Gasteiger partial charge in [-0.05, 0) is 61.2 Å². The molecule has 0 saturated carbocycles. The van der Waals surface area contributed by atoms with Gasteiger partial charge >= 0.3 is 0 Å². The van der Waals surface area contributed by atoms with Crippen LogP contribution in [-0.4, -0.2) is 5.78 Å². The predicted octanol–water partition coefficient (Wildman–Crippen LogP) is 4.76. The smallest absolute Gasteiger partial charge is 0.184 e. The van der Waals surface area contributed by atoms with E-state index in [-0.39, 0.29) is 5.78 Å². The second-order valence-corrected chi connectivity index (χ2v) is 5.64. The Labute approximate surface area is 130 Å². The molecule has 2 rings (SSSR count). The predicted molar refractivity (Wildman–Crippen MR) is 84.8 cm³/mol. The molecule has 2 aromatic rings. The van der Waals surface area contributed by atoms with Crippen molar-refractivity contribution in [3.63, 3.8) is 0 Å². The number of carbonyl (C=O) groups is 1. The van der Waals surface area contributed by atoms with E-state index in [1.807, 2.05) is 39.0 Å². The third-order valence-electron chi connectivity index (χ3n) is 3.70. The normalized spacial score (nSPS) is 11.8. The lowest BCUT2D eigenvalue weighted by molar-refractivity contribution is 0.0979. The molecular weight excluding hydrogens is 282 g/mol. The Balaban J connectivity index is 2.41. The summed E-state index contributed by atoms with van der Waals surface area (Å²) < 4.78 is 0. The molecule has 2 nitrogen and oxygen atoms in total. The maximum Gasteiger partial charge on any atom is 0.184 e. The topological polar surface area (TPSA) is 40.9 Å². The van der Waals surface area contributed by atoms with Crippen LogP contribution < -0.4 is 0 Å². The maximum atomic E-state index is 12.6. The largest absolute Gasteiger partial charge is 0.292 e. The molecule has 0 saturated heterocycles. The van der Waals surface area contributed by atoms with Crippen molar-refractivity contribution in [3.8, 4) is 6.07 Å². The van der Waals surface area contributed by atoms with Gasteiger partial charge in [-0.25, -0.2) is 0 Å². The van der Waals surface area contributed by atoms with Crippen LogP contribution in [0, 0.1) is 32.1 Å². The quantitative estimate of drug-likeness (QED) is 0.767. The van der Waals surface area contributed by atoms with Gasteiger partial charge in [0.2, 0.25) is 0 Å². The number of aryl methyl sites for hydroxylation is 3. The van der Waals surface area contributed by atoms with Gasteiger partial charge in [-0.1, -0.05) is 29.8 Å². The highest BCUT2D eigenvalue weighted by molar-refractivity contribution is 6.31. The van der Waals surface area contributed by atoms with Crippen LogP contribution in [0.15, 0.2) is 36.4 Å². The van der Waals surface area contributed by atoms with Crippen molar-refractivity contribution in [2.24, 2.45) is 0 Å². The van der Waals surface area contributed by atoms with Gasteiger partial charge in [0, 0.05) is 10.6 Å². The van der Waals surface area contributed by atoms with Gasteiger partial charge in [-0.15, -0.1) is 0 Å². The summed E-state index contributed by atoms with van der Waals surface area (Å²) in [5.41, 5.74) is 4.30. The molecule has 21 heavy (non-hydrogen) atoms. The molecule has 3 heteroatoms. The van der Waals surface area contributed by atoms with Gasteiger partial charge in [0.1, 0.15) is 5.92 Å². The number of rotatable bonds is 3. The molecule has 0 radical (unpaired) electrons. The van der Waals surface area contributed by atoms with Gasteiger partial charge in [-0.3, -0.25) is 4.79 Å². The van der Waals surface area contributed by atoms with Crippen molar-refractivity contribution >= 4 is 17.4 Å². The zero-order valence-corrected chi connectivity index (χ0v) is 13.0. The average Bonchev–Trinajstić information content (AvgIpc) is 2.46. The van der Waals surface area contributed by atoms with Crippen molar-refractivity contribution in [3.05, 3.63) is 69.2 Å². The van der Waals surface area contributed by atoms with Gasteiger partial charge < -0.3 is 0 Å². The molecule has 0 amide bonds. The first kappa shape index (κ1) is 15.3. The van der Waals surface area contributed by atoms with Crippen LogP contribution in [0.3, 0.4) is 0 Å². The molecule has 0 heterocycles. The third-order valence-corrected chi connectivity index (χ3v) is 4.12. The zero-order valence-electron chi connectivity index (χ0n) is 12.3. The first-order valence-electron chi connectivity index (χ1n) is 6.71. The molecule has 0 aliphatic rings. The molecule has 106 valence electrons. The van der Waals surface area contributed by atoms with Gasteiger partial charge in [0.25, 0.3) is 0 Å². The Morgan fingerprint density at radius 3 is 2.33 bits per heavy atom. The molecule has 0 fully saturated rings.